The van der Waals surface area contributed by atoms with Crippen LogP contribution < -0.4 is 11.1 Å². The summed E-state index contributed by atoms with van der Waals surface area (Å²) in [6.45, 7) is 5.93. The van der Waals surface area contributed by atoms with E-state index < -0.39 is 11.4 Å². The van der Waals surface area contributed by atoms with Crippen LogP contribution in [0.4, 0.5) is 0 Å². The molecule has 1 rings (SSSR count). The van der Waals surface area contributed by atoms with Gasteiger partial charge in [-0.05, 0) is 20.3 Å². The molecule has 0 bridgehead atoms. The van der Waals surface area contributed by atoms with Gasteiger partial charge in [0.05, 0.1) is 21.9 Å². The van der Waals surface area contributed by atoms with Crippen molar-refractivity contribution in [1.82, 2.24) is 15.1 Å². The number of nitrogens with zero attached hydrogens (tertiary/aromatic N) is 2. The molecule has 0 radical (unpaired) electrons. The minimum atomic E-state index is -0.764. The number of nitrogens with one attached hydrogen (secondary N) is 1. The topological polar surface area (TPSA) is 72.9 Å². The van der Waals surface area contributed by atoms with E-state index in [2.05, 4.69) is 10.4 Å². The van der Waals surface area contributed by atoms with E-state index in [0.717, 1.165) is 17.8 Å². The summed E-state index contributed by atoms with van der Waals surface area (Å²) >= 11 is 6.20. The van der Waals surface area contributed by atoms with Gasteiger partial charge in [0.25, 0.3) is 0 Å². The van der Waals surface area contributed by atoms with Gasteiger partial charge in [0, 0.05) is 13.6 Å². The summed E-state index contributed by atoms with van der Waals surface area (Å²) in [6, 6.07) is 0. The highest BCUT2D eigenvalue weighted by Gasteiger charge is 2.25. The fourth-order valence-corrected chi connectivity index (χ4v) is 1.76. The molecular weight excluding hydrogens is 240 g/mol. The van der Waals surface area contributed by atoms with Gasteiger partial charge in [0.15, 0.2) is 0 Å². The third-order valence-corrected chi connectivity index (χ3v) is 3.25. The Kier molecular flexibility index (Phi) is 4.16. The molecule has 0 unspecified atom stereocenters. The van der Waals surface area contributed by atoms with E-state index in [1.54, 1.807) is 18.5 Å². The molecule has 0 saturated carbocycles. The van der Waals surface area contributed by atoms with Crippen LogP contribution in [0, 0.1) is 0 Å². The van der Waals surface area contributed by atoms with Crippen LogP contribution >= 0.6 is 11.6 Å². The Morgan fingerprint density at radius 1 is 1.59 bits per heavy atom. The number of nitrogens with two attached hydrogens (primary N) is 1. The average molecular weight is 259 g/mol. The molecule has 0 aliphatic rings. The molecule has 0 aromatic carbocycles. The molecule has 0 atom stereocenters. The van der Waals surface area contributed by atoms with Gasteiger partial charge in [-0.15, -0.1) is 0 Å². The van der Waals surface area contributed by atoms with Crippen molar-refractivity contribution >= 4 is 17.5 Å². The second kappa shape index (κ2) is 5.06. The molecule has 1 aromatic rings. The monoisotopic (exact) mass is 258 g/mol. The Balaban J connectivity index is 2.83. The quantitative estimate of drug-likeness (QED) is 0.827. The minimum Gasteiger partial charge on any atom is -0.368 e. The Morgan fingerprint density at radius 2 is 2.18 bits per heavy atom. The highest BCUT2D eigenvalue weighted by atomic mass is 35.5. The van der Waals surface area contributed by atoms with Crippen molar-refractivity contribution in [3.63, 3.8) is 0 Å². The lowest BCUT2D eigenvalue weighted by Crippen LogP contribution is -2.50. The second-order valence-corrected chi connectivity index (χ2v) is 4.91. The van der Waals surface area contributed by atoms with Gasteiger partial charge >= 0.3 is 0 Å². The van der Waals surface area contributed by atoms with Gasteiger partial charge in [-0.3, -0.25) is 14.8 Å². The molecule has 96 valence electrons. The maximum Gasteiger partial charge on any atom is 0.237 e. The maximum atomic E-state index is 11.2. The van der Waals surface area contributed by atoms with Gasteiger partial charge in [0.1, 0.15) is 0 Å². The number of hydrogen-bond donors (Lipinski definition) is 2. The van der Waals surface area contributed by atoms with E-state index in [1.807, 2.05) is 14.0 Å². The first-order valence-corrected chi connectivity index (χ1v) is 5.92. The predicted molar refractivity (Wildman–Crippen MR) is 67.7 cm³/mol. The van der Waals surface area contributed by atoms with Crippen LogP contribution in [0.2, 0.25) is 5.02 Å². The van der Waals surface area contributed by atoms with Crippen LogP contribution in [0.5, 0.6) is 0 Å². The summed E-state index contributed by atoms with van der Waals surface area (Å²) in [5.74, 6) is -0.397. The van der Waals surface area contributed by atoms with Crippen LogP contribution in [0.1, 0.15) is 32.2 Å². The van der Waals surface area contributed by atoms with Crippen LogP contribution in [-0.4, -0.2) is 21.2 Å². The summed E-state index contributed by atoms with van der Waals surface area (Å²) in [5.41, 5.74) is 6.24. The van der Waals surface area contributed by atoms with Crippen LogP contribution in [0.25, 0.3) is 0 Å². The summed E-state index contributed by atoms with van der Waals surface area (Å²) < 4.78 is 1.73. The van der Waals surface area contributed by atoms with E-state index in [0.29, 0.717) is 11.6 Å². The van der Waals surface area contributed by atoms with Crippen LogP contribution in [-0.2, 0) is 24.8 Å². The molecule has 3 N–H and O–H groups in total. The number of halogens is 1. The number of aromatic nitrogens is 2. The Morgan fingerprint density at radius 3 is 2.59 bits per heavy atom. The predicted octanol–water partition coefficient (Wildman–Crippen LogP) is 0.989. The van der Waals surface area contributed by atoms with Gasteiger partial charge in [-0.2, -0.15) is 5.10 Å². The normalized spacial score (nSPS) is 11.8. The highest BCUT2D eigenvalue weighted by Crippen LogP contribution is 2.21. The van der Waals surface area contributed by atoms with Crippen molar-refractivity contribution in [2.75, 3.05) is 0 Å². The first kappa shape index (κ1) is 14.0. The van der Waals surface area contributed by atoms with Gasteiger partial charge in [0.2, 0.25) is 5.91 Å². The molecule has 0 aliphatic carbocycles. The van der Waals surface area contributed by atoms with E-state index in [9.17, 15) is 4.79 Å². The first-order valence-electron chi connectivity index (χ1n) is 5.54. The lowest BCUT2D eigenvalue weighted by atomic mass is 10.1. The Labute approximate surface area is 106 Å². The summed E-state index contributed by atoms with van der Waals surface area (Å²) in [6.07, 6.45) is 0.784. The average Bonchev–Trinajstić information content (AvgIpc) is 2.51. The Bertz CT molecular complexity index is 425. The first-order chi connectivity index (χ1) is 7.79. The number of carbonyl (C=O) groups is 1. The van der Waals surface area contributed by atoms with Gasteiger partial charge in [-0.1, -0.05) is 18.5 Å². The van der Waals surface area contributed by atoms with Crippen molar-refractivity contribution in [2.24, 2.45) is 12.8 Å². The van der Waals surface area contributed by atoms with Crippen LogP contribution in [0.3, 0.4) is 0 Å². The van der Waals surface area contributed by atoms with E-state index in [-0.39, 0.29) is 0 Å². The lowest BCUT2D eigenvalue weighted by Gasteiger charge is -2.22. The molecule has 6 heteroatoms. The second-order valence-electron chi connectivity index (χ2n) is 4.53. The number of amides is 1. The third-order valence-electron chi connectivity index (χ3n) is 2.82. The molecule has 1 heterocycles. The van der Waals surface area contributed by atoms with Crippen molar-refractivity contribution in [2.45, 2.75) is 39.3 Å². The number of aryl methyl sites for hydroxylation is 2. The summed E-state index contributed by atoms with van der Waals surface area (Å²) in [5, 5.41) is 8.03. The zero-order chi connectivity index (χ0) is 13.2. The van der Waals surface area contributed by atoms with Crippen molar-refractivity contribution in [3.05, 3.63) is 16.4 Å². The smallest absolute Gasteiger partial charge is 0.237 e. The molecule has 0 fully saturated rings. The summed E-state index contributed by atoms with van der Waals surface area (Å²) in [4.78, 5) is 11.2. The largest absolute Gasteiger partial charge is 0.368 e. The van der Waals surface area contributed by atoms with Crippen LogP contribution in [0.15, 0.2) is 0 Å². The number of hydrogen-bond acceptors (Lipinski definition) is 3. The minimum absolute atomic E-state index is 0.397. The van der Waals surface area contributed by atoms with E-state index in [1.165, 1.54) is 0 Å². The Hall–Kier alpha value is -1.07. The van der Waals surface area contributed by atoms with E-state index in [4.69, 9.17) is 17.3 Å². The maximum absolute atomic E-state index is 11.2. The zero-order valence-corrected chi connectivity index (χ0v) is 11.4. The SMILES string of the molecule is CCc1nn(C)c(CNC(C)(C)C(N)=O)c1Cl. The van der Waals surface area contributed by atoms with Crippen molar-refractivity contribution in [1.29, 1.82) is 0 Å². The molecule has 5 nitrogen and oxygen atoms in total. The van der Waals surface area contributed by atoms with Gasteiger partial charge in [-0.25, -0.2) is 0 Å². The van der Waals surface area contributed by atoms with Crippen molar-refractivity contribution in [3.8, 4) is 0 Å². The summed E-state index contributed by atoms with van der Waals surface area (Å²) in [7, 11) is 1.83. The molecule has 1 amide bonds. The lowest BCUT2D eigenvalue weighted by molar-refractivity contribution is -0.123. The molecule has 1 aromatic heterocycles. The van der Waals surface area contributed by atoms with Gasteiger partial charge < -0.3 is 5.73 Å². The molecule has 17 heavy (non-hydrogen) atoms. The molecule has 0 spiro atoms. The highest BCUT2D eigenvalue weighted by molar-refractivity contribution is 6.31. The fraction of sp³-hybridized carbons (Fsp3) is 0.636. The van der Waals surface area contributed by atoms with Crippen molar-refractivity contribution < 1.29 is 4.79 Å². The third kappa shape index (κ3) is 2.98. The molecule has 0 saturated heterocycles. The molecular formula is C11H19ClN4O. The zero-order valence-electron chi connectivity index (χ0n) is 10.7. The standard InChI is InChI=1S/C11H19ClN4O/c1-5-7-9(12)8(16(4)15-7)6-14-11(2,3)10(13)17/h14H,5-6H2,1-4H3,(H2,13,17). The fourth-order valence-electron chi connectivity index (χ4n) is 1.40. The number of carbonyl (C=O) groups excluding carboxylic acids is 1. The van der Waals surface area contributed by atoms with E-state index >= 15 is 0 Å². The number of primary amides is 1. The molecule has 0 aliphatic heterocycles. The number of rotatable bonds is 5.